The summed E-state index contributed by atoms with van der Waals surface area (Å²) in [5.41, 5.74) is 13.2. The highest BCUT2D eigenvalue weighted by molar-refractivity contribution is 6.31. The Morgan fingerprint density at radius 1 is 0.581 bits per heavy atom. The number of aryl methyl sites for hydroxylation is 1. The molecule has 230 valence electrons. The fourth-order valence-electron chi connectivity index (χ4n) is 8.49. The van der Waals surface area contributed by atoms with E-state index in [-0.39, 0.29) is 21.7 Å². The average molecular weight is 596 g/mol. The van der Waals surface area contributed by atoms with E-state index in [1.807, 2.05) is 0 Å². The van der Waals surface area contributed by atoms with Gasteiger partial charge in [-0.15, -0.1) is 0 Å². The van der Waals surface area contributed by atoms with Crippen molar-refractivity contribution < 1.29 is 0 Å². The van der Waals surface area contributed by atoms with E-state index < -0.39 is 0 Å². The van der Waals surface area contributed by atoms with Crippen molar-refractivity contribution >= 4 is 28.7 Å². The average Bonchev–Trinajstić information content (AvgIpc) is 2.95. The Labute approximate surface area is 267 Å². The van der Waals surface area contributed by atoms with Crippen LogP contribution in [0.1, 0.15) is 152 Å². The van der Waals surface area contributed by atoms with Gasteiger partial charge in [0.25, 0.3) is 0 Å². The zero-order chi connectivity index (χ0) is 30.9. The number of anilines is 3. The number of benzene rings is 3. The van der Waals surface area contributed by atoms with Gasteiger partial charge in [0.05, 0.1) is 0 Å². The van der Waals surface area contributed by atoms with Crippen LogP contribution in [0.3, 0.4) is 0 Å². The topological polar surface area (TPSA) is 3.24 Å². The molecule has 0 aliphatic heterocycles. The van der Waals surface area contributed by atoms with Crippen molar-refractivity contribution in [1.29, 1.82) is 0 Å². The van der Waals surface area contributed by atoms with E-state index in [1.54, 1.807) is 0 Å². The first-order chi connectivity index (χ1) is 20.1. The molecule has 1 saturated carbocycles. The van der Waals surface area contributed by atoms with Gasteiger partial charge in [0.15, 0.2) is 0 Å². The number of fused-ring (bicyclic) bond motifs is 2. The van der Waals surface area contributed by atoms with Gasteiger partial charge in [-0.25, -0.2) is 0 Å². The van der Waals surface area contributed by atoms with Crippen molar-refractivity contribution in [2.24, 2.45) is 0 Å². The van der Waals surface area contributed by atoms with E-state index in [2.05, 4.69) is 116 Å². The molecular weight excluding hydrogens is 542 g/mol. The van der Waals surface area contributed by atoms with Gasteiger partial charge in [-0.1, -0.05) is 98.4 Å². The second kappa shape index (κ2) is 10.7. The highest BCUT2D eigenvalue weighted by Gasteiger charge is 2.39. The fourth-order valence-corrected chi connectivity index (χ4v) is 8.73. The smallest absolute Gasteiger partial charge is 0.0493 e. The van der Waals surface area contributed by atoms with Crippen molar-refractivity contribution in [2.75, 3.05) is 4.90 Å². The Kier molecular flexibility index (Phi) is 7.64. The van der Waals surface area contributed by atoms with Gasteiger partial charge < -0.3 is 4.90 Å². The Morgan fingerprint density at radius 3 is 1.72 bits per heavy atom. The maximum absolute atomic E-state index is 7.00. The number of rotatable bonds is 4. The summed E-state index contributed by atoms with van der Waals surface area (Å²) in [6, 6.07) is 19.3. The van der Waals surface area contributed by atoms with Crippen LogP contribution in [0.15, 0.2) is 48.5 Å². The van der Waals surface area contributed by atoms with Crippen LogP contribution in [-0.2, 0) is 21.7 Å². The summed E-state index contributed by atoms with van der Waals surface area (Å²) in [6.07, 6.45) is 11.4. The van der Waals surface area contributed by atoms with Crippen molar-refractivity contribution in [1.82, 2.24) is 0 Å². The summed E-state index contributed by atoms with van der Waals surface area (Å²) in [5.74, 6) is 0.598. The summed E-state index contributed by atoms with van der Waals surface area (Å²) in [5, 5.41) is 0.847. The molecule has 0 N–H and O–H groups in total. The molecule has 1 fully saturated rings. The van der Waals surface area contributed by atoms with Crippen LogP contribution < -0.4 is 4.90 Å². The predicted octanol–water partition coefficient (Wildman–Crippen LogP) is 12.9. The van der Waals surface area contributed by atoms with Crippen LogP contribution >= 0.6 is 11.6 Å². The van der Waals surface area contributed by atoms with Crippen LogP contribution in [0.5, 0.6) is 0 Å². The molecule has 0 spiro atoms. The predicted molar refractivity (Wildman–Crippen MR) is 187 cm³/mol. The molecule has 0 heterocycles. The van der Waals surface area contributed by atoms with Crippen molar-refractivity contribution in [3.8, 4) is 0 Å². The summed E-state index contributed by atoms with van der Waals surface area (Å²) in [6.45, 7) is 21.8. The third-order valence-corrected chi connectivity index (χ3v) is 12.0. The lowest BCUT2D eigenvalue weighted by Gasteiger charge is -2.44. The first-order valence-corrected chi connectivity index (χ1v) is 17.4. The second-order valence-corrected chi connectivity index (χ2v) is 17.3. The van der Waals surface area contributed by atoms with Gasteiger partial charge in [-0.3, -0.25) is 0 Å². The molecule has 3 aliphatic rings. The SMILES string of the molecule is Cc1cc2c(cc1N(c1cc(Cl)cc(C3CCCCC3)c1)c1ccc3c(c1)C(C)(C)CCC3(C)C)C(C)(C)CCC2(C)C. The van der Waals surface area contributed by atoms with E-state index in [0.717, 1.165) is 5.02 Å². The van der Waals surface area contributed by atoms with Crippen molar-refractivity contribution in [3.63, 3.8) is 0 Å². The minimum Gasteiger partial charge on any atom is -0.310 e. The van der Waals surface area contributed by atoms with Gasteiger partial charge in [0, 0.05) is 22.1 Å². The highest BCUT2D eigenvalue weighted by Crippen LogP contribution is 2.52. The molecule has 1 nitrogen and oxygen atoms in total. The van der Waals surface area contributed by atoms with Gasteiger partial charge in [-0.05, 0) is 143 Å². The van der Waals surface area contributed by atoms with Gasteiger partial charge in [0.1, 0.15) is 0 Å². The standard InChI is InChI=1S/C41H54ClN/c1-27-21-34-36(41(8,9)20-19-39(34,4)5)26-37(27)43(32-23-29(22-30(42)24-32)28-13-11-10-12-14-28)31-15-16-33-35(25-31)40(6,7)18-17-38(33,2)3/h15-16,21-26,28H,10-14,17-20H2,1-9H3. The van der Waals surface area contributed by atoms with Crippen LogP contribution in [0.2, 0.25) is 5.02 Å². The maximum atomic E-state index is 7.00. The molecular formula is C41H54ClN. The molecule has 0 amide bonds. The molecule has 3 aliphatic carbocycles. The highest BCUT2D eigenvalue weighted by atomic mass is 35.5. The summed E-state index contributed by atoms with van der Waals surface area (Å²) < 4.78 is 0. The number of nitrogens with zero attached hydrogens (tertiary/aromatic N) is 1. The monoisotopic (exact) mass is 595 g/mol. The lowest BCUT2D eigenvalue weighted by molar-refractivity contribution is 0.331. The number of hydrogen-bond donors (Lipinski definition) is 0. The zero-order valence-electron chi connectivity index (χ0n) is 28.4. The Bertz CT molecular complexity index is 1530. The summed E-state index contributed by atoms with van der Waals surface area (Å²) >= 11 is 7.00. The van der Waals surface area contributed by atoms with Crippen molar-refractivity contribution in [2.45, 2.75) is 148 Å². The third kappa shape index (κ3) is 5.58. The van der Waals surface area contributed by atoms with E-state index in [1.165, 1.54) is 108 Å². The molecule has 0 aromatic heterocycles. The summed E-state index contributed by atoms with van der Waals surface area (Å²) in [4.78, 5) is 2.55. The van der Waals surface area contributed by atoms with E-state index in [4.69, 9.17) is 11.6 Å². The van der Waals surface area contributed by atoms with Crippen LogP contribution in [0, 0.1) is 6.92 Å². The molecule has 3 aromatic carbocycles. The minimum absolute atomic E-state index is 0.141. The Balaban J connectivity index is 1.59. The minimum atomic E-state index is 0.141. The van der Waals surface area contributed by atoms with E-state index >= 15 is 0 Å². The molecule has 6 rings (SSSR count). The van der Waals surface area contributed by atoms with Crippen LogP contribution in [-0.4, -0.2) is 0 Å². The van der Waals surface area contributed by atoms with Gasteiger partial charge >= 0.3 is 0 Å². The lowest BCUT2D eigenvalue weighted by atomic mass is 9.62. The number of halogens is 1. The van der Waals surface area contributed by atoms with Gasteiger partial charge in [0.2, 0.25) is 0 Å². The van der Waals surface area contributed by atoms with E-state index in [0.29, 0.717) is 5.92 Å². The largest absolute Gasteiger partial charge is 0.310 e. The van der Waals surface area contributed by atoms with Crippen LogP contribution in [0.25, 0.3) is 0 Å². The molecule has 0 atom stereocenters. The maximum Gasteiger partial charge on any atom is 0.0493 e. The summed E-state index contributed by atoms with van der Waals surface area (Å²) in [7, 11) is 0. The first-order valence-electron chi connectivity index (χ1n) is 17.0. The van der Waals surface area contributed by atoms with E-state index in [9.17, 15) is 0 Å². The fraction of sp³-hybridized carbons (Fsp3) is 0.561. The van der Waals surface area contributed by atoms with Gasteiger partial charge in [-0.2, -0.15) is 0 Å². The normalized spacial score (nSPS) is 22.0. The molecule has 3 aromatic rings. The molecule has 43 heavy (non-hydrogen) atoms. The third-order valence-electron chi connectivity index (χ3n) is 11.7. The molecule has 0 unspecified atom stereocenters. The lowest BCUT2D eigenvalue weighted by Crippen LogP contribution is -2.34. The first kappa shape index (κ1) is 30.8. The molecule has 2 heteroatoms. The quantitative estimate of drug-likeness (QED) is 0.290. The Hall–Kier alpha value is -2.25. The van der Waals surface area contributed by atoms with Crippen LogP contribution in [0.4, 0.5) is 17.1 Å². The molecule has 0 radical (unpaired) electrons. The Morgan fingerprint density at radius 2 is 1.12 bits per heavy atom. The molecule has 0 saturated heterocycles. The second-order valence-electron chi connectivity index (χ2n) is 16.9. The molecule has 0 bridgehead atoms. The zero-order valence-corrected chi connectivity index (χ0v) is 29.1. The number of hydrogen-bond acceptors (Lipinski definition) is 1. The van der Waals surface area contributed by atoms with Crippen molar-refractivity contribution in [3.05, 3.63) is 86.9 Å².